The quantitative estimate of drug-likeness (QED) is 0.265. The largest absolute Gasteiger partial charge is 0.305 e. The molecule has 0 N–H and O–H groups in total. The van der Waals surface area contributed by atoms with Gasteiger partial charge in [-0.05, 0) is 36.6 Å². The topological polar surface area (TPSA) is 86.1 Å². The third kappa shape index (κ3) is 2.92. The first-order valence-corrected chi connectivity index (χ1v) is 6.69. The Labute approximate surface area is 121 Å². The number of carbonyl (C=O) groups excluding carboxylic acids is 2. The minimum Gasteiger partial charge on any atom is -0.305 e. The lowest BCUT2D eigenvalue weighted by Gasteiger charge is -2.16. The number of hydrogen-bond acceptors (Lipinski definition) is 3. The van der Waals surface area contributed by atoms with Gasteiger partial charge in [-0.3, -0.25) is 9.59 Å². The van der Waals surface area contributed by atoms with Crippen LogP contribution in [0.3, 0.4) is 0 Å². The van der Waals surface area contributed by atoms with Crippen LogP contribution in [0, 0.1) is 0 Å². The monoisotopic (exact) mass is 292 g/mol. The van der Waals surface area contributed by atoms with E-state index in [0.29, 0.717) is 29.4 Å². The number of hydrogen-bond donors (Lipinski definition) is 0. The predicted octanol–water partition coefficient (Wildman–Crippen LogP) is 3.35. The number of anilines is 1. The Balaban J connectivity index is 1.98. The third-order valence-electron chi connectivity index (χ3n) is 3.14. The Morgan fingerprint density at radius 3 is 2.80 bits per heavy atom. The number of rotatable bonds is 6. The summed E-state index contributed by atoms with van der Waals surface area (Å²) in [5.41, 5.74) is 9.14. The van der Waals surface area contributed by atoms with E-state index in [1.165, 1.54) is 11.0 Å². The molecule has 1 heterocycles. The number of ketones is 1. The Morgan fingerprint density at radius 2 is 2.05 bits per heavy atom. The van der Waals surface area contributed by atoms with Crippen LogP contribution >= 0.6 is 11.6 Å². The SMILES string of the molecule is [N-]=[N+]=NCCCCCN1C(=O)C(=O)c2cc(Cl)ccc21. The molecular formula is C13H13ClN4O2. The van der Waals surface area contributed by atoms with Gasteiger partial charge in [-0.1, -0.05) is 23.1 Å². The zero-order valence-electron chi connectivity index (χ0n) is 10.8. The molecule has 0 aliphatic carbocycles. The van der Waals surface area contributed by atoms with Crippen LogP contribution in [0.2, 0.25) is 5.02 Å². The van der Waals surface area contributed by atoms with Crippen LogP contribution in [0.1, 0.15) is 29.6 Å². The van der Waals surface area contributed by atoms with E-state index in [0.717, 1.165) is 19.3 Å². The van der Waals surface area contributed by atoms with Crippen molar-refractivity contribution in [3.8, 4) is 0 Å². The number of halogens is 1. The van der Waals surface area contributed by atoms with Crippen molar-refractivity contribution in [2.45, 2.75) is 19.3 Å². The second-order valence-corrected chi connectivity index (χ2v) is 4.90. The van der Waals surface area contributed by atoms with Crippen molar-refractivity contribution < 1.29 is 9.59 Å². The fourth-order valence-electron chi connectivity index (χ4n) is 2.17. The number of unbranched alkanes of at least 4 members (excludes halogenated alkanes) is 2. The fraction of sp³-hybridized carbons (Fsp3) is 0.385. The highest BCUT2D eigenvalue weighted by Gasteiger charge is 2.35. The third-order valence-corrected chi connectivity index (χ3v) is 3.37. The van der Waals surface area contributed by atoms with Gasteiger partial charge in [0.1, 0.15) is 0 Å². The van der Waals surface area contributed by atoms with Gasteiger partial charge in [-0.2, -0.15) is 0 Å². The molecule has 104 valence electrons. The number of nitrogens with zero attached hydrogens (tertiary/aromatic N) is 4. The van der Waals surface area contributed by atoms with Gasteiger partial charge in [0.25, 0.3) is 11.7 Å². The van der Waals surface area contributed by atoms with Gasteiger partial charge < -0.3 is 4.90 Å². The maximum atomic E-state index is 11.9. The highest BCUT2D eigenvalue weighted by atomic mass is 35.5. The molecule has 7 heteroatoms. The summed E-state index contributed by atoms with van der Waals surface area (Å²) in [5, 5.41) is 3.89. The minimum absolute atomic E-state index is 0.372. The molecule has 0 unspecified atom stereocenters. The average Bonchev–Trinajstić information content (AvgIpc) is 2.67. The van der Waals surface area contributed by atoms with E-state index in [1.807, 2.05) is 0 Å². The summed E-state index contributed by atoms with van der Waals surface area (Å²) in [4.78, 5) is 27.9. The van der Waals surface area contributed by atoms with E-state index >= 15 is 0 Å². The molecule has 2 rings (SSSR count). The van der Waals surface area contributed by atoms with Crippen molar-refractivity contribution in [2.75, 3.05) is 18.0 Å². The second-order valence-electron chi connectivity index (χ2n) is 4.46. The number of Topliss-reactive ketones (excluding diaryl/α,β-unsaturated/α-hetero) is 1. The van der Waals surface area contributed by atoms with Crippen molar-refractivity contribution >= 4 is 29.0 Å². The molecule has 0 spiro atoms. The summed E-state index contributed by atoms with van der Waals surface area (Å²) in [6, 6.07) is 4.89. The molecule has 20 heavy (non-hydrogen) atoms. The Bertz CT molecular complexity index is 596. The Morgan fingerprint density at radius 1 is 1.25 bits per heavy atom. The van der Waals surface area contributed by atoms with E-state index in [-0.39, 0.29) is 0 Å². The standard InChI is InChI=1S/C13H13ClN4O2/c14-9-4-5-11-10(8-9)12(19)13(20)18(11)7-3-1-2-6-16-17-15/h4-5,8H,1-3,6-7H2. The van der Waals surface area contributed by atoms with Gasteiger partial charge in [0.15, 0.2) is 0 Å². The predicted molar refractivity (Wildman–Crippen MR) is 76.0 cm³/mol. The summed E-state index contributed by atoms with van der Waals surface area (Å²) in [5.74, 6) is -1.01. The van der Waals surface area contributed by atoms with Gasteiger partial charge in [-0.25, -0.2) is 0 Å². The molecule has 0 saturated carbocycles. The van der Waals surface area contributed by atoms with Crippen molar-refractivity contribution in [1.82, 2.24) is 0 Å². The molecule has 0 aromatic heterocycles. The van der Waals surface area contributed by atoms with Crippen LogP contribution in [-0.4, -0.2) is 24.8 Å². The lowest BCUT2D eigenvalue weighted by Crippen LogP contribution is -2.30. The molecule has 0 fully saturated rings. The molecule has 1 aliphatic heterocycles. The number of amides is 1. The maximum Gasteiger partial charge on any atom is 0.299 e. The van der Waals surface area contributed by atoms with Crippen LogP contribution in [-0.2, 0) is 4.79 Å². The number of azide groups is 1. The Kier molecular flexibility index (Phi) is 4.61. The number of carbonyl (C=O) groups is 2. The van der Waals surface area contributed by atoms with E-state index in [2.05, 4.69) is 10.0 Å². The molecule has 0 saturated heterocycles. The molecule has 1 aromatic carbocycles. The van der Waals surface area contributed by atoms with Crippen molar-refractivity contribution in [1.29, 1.82) is 0 Å². The lowest BCUT2D eigenvalue weighted by molar-refractivity contribution is -0.114. The number of benzene rings is 1. The normalized spacial score (nSPS) is 13.3. The summed E-state index contributed by atoms with van der Waals surface area (Å²) < 4.78 is 0. The van der Waals surface area contributed by atoms with Gasteiger partial charge in [0, 0.05) is 23.0 Å². The summed E-state index contributed by atoms with van der Waals surface area (Å²) in [7, 11) is 0. The Hall–Kier alpha value is -2.04. The van der Waals surface area contributed by atoms with Crippen LogP contribution < -0.4 is 4.90 Å². The van der Waals surface area contributed by atoms with Crippen molar-refractivity contribution in [3.63, 3.8) is 0 Å². The number of fused-ring (bicyclic) bond motifs is 1. The highest BCUT2D eigenvalue weighted by Crippen LogP contribution is 2.31. The van der Waals surface area contributed by atoms with Gasteiger partial charge in [-0.15, -0.1) is 0 Å². The first-order chi connectivity index (χ1) is 9.65. The first-order valence-electron chi connectivity index (χ1n) is 6.31. The van der Waals surface area contributed by atoms with E-state index in [1.54, 1.807) is 12.1 Å². The second kappa shape index (κ2) is 6.41. The van der Waals surface area contributed by atoms with E-state index in [9.17, 15) is 9.59 Å². The first kappa shape index (κ1) is 14.4. The summed E-state index contributed by atoms with van der Waals surface area (Å²) in [6.45, 7) is 0.936. The van der Waals surface area contributed by atoms with Crippen molar-refractivity contribution in [2.24, 2.45) is 5.11 Å². The average molecular weight is 293 g/mol. The molecule has 1 amide bonds. The molecule has 0 atom stereocenters. The maximum absolute atomic E-state index is 11.9. The zero-order valence-corrected chi connectivity index (χ0v) is 11.5. The van der Waals surface area contributed by atoms with E-state index in [4.69, 9.17) is 17.1 Å². The molecule has 0 bridgehead atoms. The zero-order chi connectivity index (χ0) is 14.5. The molecule has 6 nitrogen and oxygen atoms in total. The minimum atomic E-state index is -0.503. The molecule has 1 aromatic rings. The van der Waals surface area contributed by atoms with Crippen LogP contribution in [0.15, 0.2) is 23.3 Å². The van der Waals surface area contributed by atoms with Gasteiger partial charge >= 0.3 is 0 Å². The smallest absolute Gasteiger partial charge is 0.299 e. The van der Waals surface area contributed by atoms with Crippen LogP contribution in [0.25, 0.3) is 10.4 Å². The lowest BCUT2D eigenvalue weighted by atomic mass is 10.1. The molecule has 1 aliphatic rings. The molecule has 0 radical (unpaired) electrons. The van der Waals surface area contributed by atoms with Gasteiger partial charge in [0.05, 0.1) is 11.3 Å². The van der Waals surface area contributed by atoms with Crippen LogP contribution in [0.4, 0.5) is 5.69 Å². The van der Waals surface area contributed by atoms with Crippen molar-refractivity contribution in [3.05, 3.63) is 39.2 Å². The molecular weight excluding hydrogens is 280 g/mol. The summed E-state index contributed by atoms with van der Waals surface area (Å²) in [6.07, 6.45) is 2.36. The van der Waals surface area contributed by atoms with E-state index < -0.39 is 11.7 Å². The summed E-state index contributed by atoms with van der Waals surface area (Å²) >= 11 is 5.84. The fourth-order valence-corrected chi connectivity index (χ4v) is 2.34. The highest BCUT2D eigenvalue weighted by molar-refractivity contribution is 6.52. The van der Waals surface area contributed by atoms with Gasteiger partial charge in [0.2, 0.25) is 0 Å². The van der Waals surface area contributed by atoms with Crippen LogP contribution in [0.5, 0.6) is 0 Å².